The maximum atomic E-state index is 5.88. The molecule has 0 unspecified atom stereocenters. The molecule has 4 N–H and O–H groups in total. The van der Waals surface area contributed by atoms with Gasteiger partial charge in [0, 0.05) is 37.6 Å². The fraction of sp³-hybridized carbons (Fsp3) is 0.286. The zero-order valence-corrected chi connectivity index (χ0v) is 12.1. The maximum Gasteiger partial charge on any atom is 0.222 e. The molecule has 0 saturated carbocycles. The second kappa shape index (κ2) is 6.54. The summed E-state index contributed by atoms with van der Waals surface area (Å²) < 4.78 is 0. The summed E-state index contributed by atoms with van der Waals surface area (Å²) in [4.78, 5) is 10.5. The largest absolute Gasteiger partial charge is 0.368 e. The van der Waals surface area contributed by atoms with Crippen LogP contribution in [0.3, 0.4) is 0 Å². The van der Waals surface area contributed by atoms with Gasteiger partial charge < -0.3 is 16.4 Å². The lowest BCUT2D eigenvalue weighted by molar-refractivity contribution is 0.860. The molecule has 1 heterocycles. The monoisotopic (exact) mass is 291 g/mol. The number of likely N-dealkylation sites (N-methyl/N-ethyl adjacent to an activating group) is 1. The van der Waals surface area contributed by atoms with Crippen molar-refractivity contribution < 1.29 is 0 Å². The Kier molecular flexibility index (Phi) is 4.76. The highest BCUT2D eigenvalue weighted by Gasteiger charge is 2.07. The summed E-state index contributed by atoms with van der Waals surface area (Å²) in [5, 5.41) is 0.722. The first kappa shape index (κ1) is 14.6. The molecule has 5 nitrogen and oxygen atoms in total. The van der Waals surface area contributed by atoms with Crippen molar-refractivity contribution in [1.29, 1.82) is 0 Å². The van der Waals surface area contributed by atoms with E-state index in [9.17, 15) is 0 Å². The quantitative estimate of drug-likeness (QED) is 0.876. The van der Waals surface area contributed by atoms with Crippen molar-refractivity contribution in [2.45, 2.75) is 6.42 Å². The van der Waals surface area contributed by atoms with E-state index in [1.165, 1.54) is 0 Å². The molecule has 0 spiro atoms. The first-order chi connectivity index (χ1) is 9.58. The van der Waals surface area contributed by atoms with E-state index < -0.39 is 0 Å². The Morgan fingerprint density at radius 2 is 1.90 bits per heavy atom. The minimum atomic E-state index is 0.273. The highest BCUT2D eigenvalue weighted by atomic mass is 35.5. The second-order valence-electron chi connectivity index (χ2n) is 4.59. The molecular weight excluding hydrogens is 274 g/mol. The Bertz CT molecular complexity index is 570. The molecule has 0 aliphatic carbocycles. The van der Waals surface area contributed by atoms with Crippen LogP contribution >= 0.6 is 11.6 Å². The van der Waals surface area contributed by atoms with Crippen molar-refractivity contribution in [1.82, 2.24) is 9.97 Å². The minimum absolute atomic E-state index is 0.273. The number of benzene rings is 1. The Hall–Kier alpha value is -1.85. The van der Waals surface area contributed by atoms with E-state index in [4.69, 9.17) is 23.1 Å². The van der Waals surface area contributed by atoms with Crippen molar-refractivity contribution in [3.8, 4) is 0 Å². The van der Waals surface area contributed by atoms with E-state index in [2.05, 4.69) is 9.97 Å². The zero-order valence-electron chi connectivity index (χ0n) is 11.4. The Labute approximate surface area is 123 Å². The van der Waals surface area contributed by atoms with Crippen LogP contribution in [0.4, 0.5) is 11.8 Å². The zero-order chi connectivity index (χ0) is 14.5. The molecule has 0 radical (unpaired) electrons. The van der Waals surface area contributed by atoms with E-state index in [-0.39, 0.29) is 5.95 Å². The van der Waals surface area contributed by atoms with Gasteiger partial charge in [-0.05, 0) is 17.7 Å². The number of nitrogen functional groups attached to an aromatic ring is 1. The maximum absolute atomic E-state index is 5.88. The molecule has 1 aromatic carbocycles. The van der Waals surface area contributed by atoms with Crippen molar-refractivity contribution in [2.75, 3.05) is 30.8 Å². The number of halogens is 1. The first-order valence-corrected chi connectivity index (χ1v) is 6.75. The molecule has 2 rings (SSSR count). The number of hydrogen-bond donors (Lipinski definition) is 2. The van der Waals surface area contributed by atoms with Crippen LogP contribution in [0.25, 0.3) is 0 Å². The van der Waals surface area contributed by atoms with Crippen LogP contribution in [0.5, 0.6) is 0 Å². The van der Waals surface area contributed by atoms with E-state index in [0.29, 0.717) is 13.0 Å². The van der Waals surface area contributed by atoms with Gasteiger partial charge in [0.05, 0.1) is 5.69 Å². The van der Waals surface area contributed by atoms with E-state index in [1.807, 2.05) is 42.3 Å². The predicted octanol–water partition coefficient (Wildman–Crippen LogP) is 1.70. The van der Waals surface area contributed by atoms with Crippen LogP contribution in [0.15, 0.2) is 30.3 Å². The highest BCUT2D eigenvalue weighted by molar-refractivity contribution is 6.30. The lowest BCUT2D eigenvalue weighted by Gasteiger charge is -2.17. The molecule has 0 saturated heterocycles. The average molecular weight is 292 g/mol. The van der Waals surface area contributed by atoms with Crippen LogP contribution in [-0.4, -0.2) is 30.1 Å². The Morgan fingerprint density at radius 1 is 1.20 bits per heavy atom. The molecule has 0 aliphatic heterocycles. The standard InChI is InChI=1S/C14H18ClN5/c1-20(7-6-16)13-9-12(18-14(17)19-13)8-10-2-4-11(15)5-3-10/h2-5,9H,6-8,16H2,1H3,(H2,17,18,19). The smallest absolute Gasteiger partial charge is 0.222 e. The molecule has 1 aromatic heterocycles. The molecule has 0 aliphatic rings. The number of hydrogen-bond acceptors (Lipinski definition) is 5. The SMILES string of the molecule is CN(CCN)c1cc(Cc2ccc(Cl)cc2)nc(N)n1. The van der Waals surface area contributed by atoms with Gasteiger partial charge in [-0.2, -0.15) is 4.98 Å². The molecule has 0 atom stereocenters. The van der Waals surface area contributed by atoms with Crippen LogP contribution < -0.4 is 16.4 Å². The fourth-order valence-electron chi connectivity index (χ4n) is 1.91. The summed E-state index contributed by atoms with van der Waals surface area (Å²) in [7, 11) is 1.93. The van der Waals surface area contributed by atoms with E-state index in [0.717, 1.165) is 28.6 Å². The van der Waals surface area contributed by atoms with E-state index >= 15 is 0 Å². The normalized spacial score (nSPS) is 10.6. The van der Waals surface area contributed by atoms with Gasteiger partial charge in [-0.15, -0.1) is 0 Å². The fourth-order valence-corrected chi connectivity index (χ4v) is 2.03. The molecule has 20 heavy (non-hydrogen) atoms. The molecular formula is C14H18ClN5. The van der Waals surface area contributed by atoms with Crippen molar-refractivity contribution in [2.24, 2.45) is 5.73 Å². The molecule has 106 valence electrons. The minimum Gasteiger partial charge on any atom is -0.368 e. The van der Waals surface area contributed by atoms with Crippen LogP contribution in [0, 0.1) is 0 Å². The first-order valence-electron chi connectivity index (χ1n) is 6.37. The number of nitrogens with zero attached hydrogens (tertiary/aromatic N) is 3. The van der Waals surface area contributed by atoms with Crippen LogP contribution in [0.2, 0.25) is 5.02 Å². The number of nitrogens with two attached hydrogens (primary N) is 2. The summed E-state index contributed by atoms with van der Waals surface area (Å²) in [6.45, 7) is 1.28. The predicted molar refractivity (Wildman–Crippen MR) is 83.0 cm³/mol. The van der Waals surface area contributed by atoms with Gasteiger partial charge in [0.2, 0.25) is 5.95 Å². The molecule has 0 amide bonds. The topological polar surface area (TPSA) is 81.1 Å². The lowest BCUT2D eigenvalue weighted by atomic mass is 10.1. The third-order valence-corrected chi connectivity index (χ3v) is 3.19. The summed E-state index contributed by atoms with van der Waals surface area (Å²) in [6.07, 6.45) is 0.688. The third-order valence-electron chi connectivity index (χ3n) is 2.94. The van der Waals surface area contributed by atoms with E-state index in [1.54, 1.807) is 0 Å². The van der Waals surface area contributed by atoms with Crippen LogP contribution in [-0.2, 0) is 6.42 Å². The summed E-state index contributed by atoms with van der Waals surface area (Å²) in [6, 6.07) is 9.61. The number of anilines is 2. The van der Waals surface area contributed by atoms with Crippen molar-refractivity contribution >= 4 is 23.4 Å². The molecule has 2 aromatic rings. The van der Waals surface area contributed by atoms with Gasteiger partial charge in [0.15, 0.2) is 0 Å². The molecule has 0 bridgehead atoms. The van der Waals surface area contributed by atoms with Gasteiger partial charge >= 0.3 is 0 Å². The third kappa shape index (κ3) is 3.82. The summed E-state index contributed by atoms with van der Waals surface area (Å²) in [5.74, 6) is 1.06. The average Bonchev–Trinajstić information content (AvgIpc) is 2.41. The Morgan fingerprint density at radius 3 is 2.55 bits per heavy atom. The van der Waals surface area contributed by atoms with Crippen molar-refractivity contribution in [3.63, 3.8) is 0 Å². The van der Waals surface area contributed by atoms with Crippen molar-refractivity contribution in [3.05, 3.63) is 46.6 Å². The highest BCUT2D eigenvalue weighted by Crippen LogP contribution is 2.16. The molecule has 0 fully saturated rings. The van der Waals surface area contributed by atoms with Gasteiger partial charge in [0.25, 0.3) is 0 Å². The lowest BCUT2D eigenvalue weighted by Crippen LogP contribution is -2.26. The number of aromatic nitrogens is 2. The van der Waals surface area contributed by atoms with Gasteiger partial charge in [-0.3, -0.25) is 0 Å². The second-order valence-corrected chi connectivity index (χ2v) is 5.03. The summed E-state index contributed by atoms with van der Waals surface area (Å²) in [5.41, 5.74) is 13.3. The van der Waals surface area contributed by atoms with Gasteiger partial charge in [-0.25, -0.2) is 4.98 Å². The molecule has 6 heteroatoms. The van der Waals surface area contributed by atoms with Gasteiger partial charge in [0.1, 0.15) is 5.82 Å². The van der Waals surface area contributed by atoms with Gasteiger partial charge in [-0.1, -0.05) is 23.7 Å². The summed E-state index contributed by atoms with van der Waals surface area (Å²) >= 11 is 5.88. The van der Waals surface area contributed by atoms with Crippen LogP contribution in [0.1, 0.15) is 11.3 Å². The number of rotatable bonds is 5. The Balaban J connectivity index is 2.21.